The molecular weight excluding hydrogens is 445 g/mol. The highest BCUT2D eigenvalue weighted by molar-refractivity contribution is 7.98. The predicted molar refractivity (Wildman–Crippen MR) is 124 cm³/mol. The van der Waals surface area contributed by atoms with Crippen molar-refractivity contribution in [3.8, 4) is 5.75 Å². The van der Waals surface area contributed by atoms with E-state index in [1.54, 1.807) is 23.1 Å². The van der Waals surface area contributed by atoms with E-state index in [0.29, 0.717) is 28.7 Å². The maximum atomic E-state index is 12.9. The lowest BCUT2D eigenvalue weighted by atomic mass is 10.3. The number of nitrogens with one attached hydrogen (secondary N) is 1. The standard InChI is InChI=1S/C23H22FN5O3S/c1-15(2)28-14-25-23-27-18(11-22(31)29(23)28)13-33-20-9-5-17(6-10-20)26-21(30)12-32-19-7-3-16(24)4-8-19/h3-11,14-15H,12-13H2,1-2H3,(H,26,30). The van der Waals surface area contributed by atoms with Crippen molar-refractivity contribution >= 4 is 29.1 Å². The average Bonchev–Trinajstić information content (AvgIpc) is 3.23. The van der Waals surface area contributed by atoms with Crippen molar-refractivity contribution in [1.82, 2.24) is 19.2 Å². The number of carbonyl (C=O) groups excluding carboxylic acids is 1. The molecule has 0 fully saturated rings. The molecule has 8 nitrogen and oxygen atoms in total. The van der Waals surface area contributed by atoms with Crippen LogP contribution in [0.3, 0.4) is 0 Å². The monoisotopic (exact) mass is 467 g/mol. The molecule has 2 aromatic heterocycles. The van der Waals surface area contributed by atoms with Crippen molar-refractivity contribution < 1.29 is 13.9 Å². The van der Waals surface area contributed by atoms with Crippen LogP contribution in [0.1, 0.15) is 25.6 Å². The summed E-state index contributed by atoms with van der Waals surface area (Å²) < 4.78 is 21.5. The first-order valence-electron chi connectivity index (χ1n) is 10.3. The topological polar surface area (TPSA) is 90.5 Å². The van der Waals surface area contributed by atoms with E-state index in [0.717, 1.165) is 4.90 Å². The van der Waals surface area contributed by atoms with Crippen LogP contribution in [0.4, 0.5) is 10.1 Å². The minimum absolute atomic E-state index is 0.100. The fourth-order valence-corrected chi connectivity index (χ4v) is 3.87. The van der Waals surface area contributed by atoms with E-state index in [-0.39, 0.29) is 29.9 Å². The van der Waals surface area contributed by atoms with E-state index in [1.807, 2.05) is 26.0 Å². The van der Waals surface area contributed by atoms with Crippen molar-refractivity contribution in [2.75, 3.05) is 11.9 Å². The number of aromatic nitrogens is 4. The Bertz CT molecular complexity index is 1320. The highest BCUT2D eigenvalue weighted by Gasteiger charge is 2.11. The first-order valence-corrected chi connectivity index (χ1v) is 11.2. The molecule has 0 saturated carbocycles. The summed E-state index contributed by atoms with van der Waals surface area (Å²) in [6, 6.07) is 14.4. The number of amides is 1. The van der Waals surface area contributed by atoms with E-state index in [1.165, 1.54) is 46.6 Å². The molecule has 1 N–H and O–H groups in total. The van der Waals surface area contributed by atoms with Crippen molar-refractivity contribution in [2.45, 2.75) is 30.5 Å². The Morgan fingerprint density at radius 2 is 1.88 bits per heavy atom. The molecule has 10 heteroatoms. The molecule has 1 amide bonds. The molecule has 0 aliphatic carbocycles. The fraction of sp³-hybridized carbons (Fsp3) is 0.217. The van der Waals surface area contributed by atoms with Crippen LogP contribution in [0.15, 0.2) is 70.6 Å². The van der Waals surface area contributed by atoms with Gasteiger partial charge in [-0.15, -0.1) is 11.8 Å². The lowest BCUT2D eigenvalue weighted by Gasteiger charge is -2.09. The smallest absolute Gasteiger partial charge is 0.274 e. The van der Waals surface area contributed by atoms with E-state index in [4.69, 9.17) is 4.74 Å². The Balaban J connectivity index is 1.32. The third-order valence-electron chi connectivity index (χ3n) is 4.69. The molecule has 0 atom stereocenters. The van der Waals surface area contributed by atoms with Gasteiger partial charge in [-0.1, -0.05) is 0 Å². The number of rotatable bonds is 8. The van der Waals surface area contributed by atoms with Gasteiger partial charge in [0.2, 0.25) is 0 Å². The number of carbonyl (C=O) groups is 1. The Hall–Kier alpha value is -3.66. The molecule has 170 valence electrons. The van der Waals surface area contributed by atoms with Crippen LogP contribution in [-0.2, 0) is 10.5 Å². The van der Waals surface area contributed by atoms with Crippen LogP contribution in [0.2, 0.25) is 0 Å². The molecular formula is C23H22FN5O3S. The maximum Gasteiger partial charge on any atom is 0.274 e. The number of thioether (sulfide) groups is 1. The number of fused-ring (bicyclic) bond motifs is 1. The zero-order valence-electron chi connectivity index (χ0n) is 18.1. The van der Waals surface area contributed by atoms with Crippen LogP contribution in [-0.4, -0.2) is 31.7 Å². The Morgan fingerprint density at radius 1 is 1.15 bits per heavy atom. The molecule has 0 bridgehead atoms. The second-order valence-electron chi connectivity index (χ2n) is 7.52. The third-order valence-corrected chi connectivity index (χ3v) is 5.74. The summed E-state index contributed by atoms with van der Waals surface area (Å²) in [5.41, 5.74) is 1.11. The van der Waals surface area contributed by atoms with Gasteiger partial charge in [0.25, 0.3) is 17.2 Å². The summed E-state index contributed by atoms with van der Waals surface area (Å²) in [5, 5.41) is 2.75. The quantitative estimate of drug-likeness (QED) is 0.395. The first kappa shape index (κ1) is 22.5. The summed E-state index contributed by atoms with van der Waals surface area (Å²) in [4.78, 5) is 34.2. The van der Waals surface area contributed by atoms with Gasteiger partial charge >= 0.3 is 0 Å². The molecule has 0 saturated heterocycles. The van der Waals surface area contributed by atoms with Gasteiger partial charge in [0, 0.05) is 28.4 Å². The normalized spacial score (nSPS) is 11.2. The summed E-state index contributed by atoms with van der Waals surface area (Å²) >= 11 is 1.53. The lowest BCUT2D eigenvalue weighted by molar-refractivity contribution is -0.118. The zero-order chi connectivity index (χ0) is 23.4. The molecule has 2 aromatic carbocycles. The maximum absolute atomic E-state index is 12.9. The first-order chi connectivity index (χ1) is 15.9. The summed E-state index contributed by atoms with van der Waals surface area (Å²) in [6.45, 7) is 3.77. The minimum Gasteiger partial charge on any atom is -0.484 e. The second kappa shape index (κ2) is 9.86. The molecule has 4 aromatic rings. The van der Waals surface area contributed by atoms with Gasteiger partial charge in [-0.05, 0) is 62.4 Å². The Kier molecular flexibility index (Phi) is 6.74. The molecule has 0 spiro atoms. The van der Waals surface area contributed by atoms with Gasteiger partial charge in [-0.3, -0.25) is 14.3 Å². The molecule has 4 rings (SSSR count). The number of benzene rings is 2. The van der Waals surface area contributed by atoms with Crippen molar-refractivity contribution in [3.63, 3.8) is 0 Å². The van der Waals surface area contributed by atoms with Gasteiger partial charge in [0.1, 0.15) is 17.9 Å². The van der Waals surface area contributed by atoms with Gasteiger partial charge in [-0.2, -0.15) is 9.50 Å². The Labute approximate surface area is 193 Å². The third kappa shape index (κ3) is 5.58. The van der Waals surface area contributed by atoms with E-state index in [9.17, 15) is 14.0 Å². The molecule has 0 unspecified atom stereocenters. The van der Waals surface area contributed by atoms with E-state index >= 15 is 0 Å². The van der Waals surface area contributed by atoms with Crippen molar-refractivity contribution in [1.29, 1.82) is 0 Å². The van der Waals surface area contributed by atoms with Crippen LogP contribution in [0.5, 0.6) is 5.75 Å². The fourth-order valence-electron chi connectivity index (χ4n) is 3.08. The van der Waals surface area contributed by atoms with Crippen molar-refractivity contribution in [2.24, 2.45) is 0 Å². The second-order valence-corrected chi connectivity index (χ2v) is 8.57. The summed E-state index contributed by atoms with van der Waals surface area (Å²) in [7, 11) is 0. The number of halogens is 1. The highest BCUT2D eigenvalue weighted by Crippen LogP contribution is 2.23. The van der Waals surface area contributed by atoms with Crippen LogP contribution in [0, 0.1) is 5.82 Å². The van der Waals surface area contributed by atoms with Gasteiger partial charge < -0.3 is 10.1 Å². The number of nitrogens with zero attached hydrogens (tertiary/aromatic N) is 4. The number of ether oxygens (including phenoxy) is 1. The molecule has 0 radical (unpaired) electrons. The van der Waals surface area contributed by atoms with E-state index < -0.39 is 0 Å². The predicted octanol–water partition coefficient (Wildman–Crippen LogP) is 3.92. The number of hydrogen-bond acceptors (Lipinski definition) is 6. The number of anilines is 1. The molecule has 33 heavy (non-hydrogen) atoms. The van der Waals surface area contributed by atoms with Gasteiger partial charge in [0.05, 0.1) is 5.69 Å². The molecule has 0 aliphatic rings. The summed E-state index contributed by atoms with van der Waals surface area (Å²) in [5.74, 6) is 0.625. The van der Waals surface area contributed by atoms with Crippen LogP contribution >= 0.6 is 11.8 Å². The zero-order valence-corrected chi connectivity index (χ0v) is 18.9. The van der Waals surface area contributed by atoms with E-state index in [2.05, 4.69) is 15.3 Å². The lowest BCUT2D eigenvalue weighted by Crippen LogP contribution is -2.22. The number of hydrogen-bond donors (Lipinski definition) is 1. The average molecular weight is 468 g/mol. The molecule has 0 aliphatic heterocycles. The van der Waals surface area contributed by atoms with Gasteiger partial charge in [-0.25, -0.2) is 9.37 Å². The minimum atomic E-state index is -0.365. The highest BCUT2D eigenvalue weighted by atomic mass is 32.2. The largest absolute Gasteiger partial charge is 0.484 e. The Morgan fingerprint density at radius 3 is 2.58 bits per heavy atom. The van der Waals surface area contributed by atoms with Crippen LogP contribution in [0.25, 0.3) is 5.78 Å². The van der Waals surface area contributed by atoms with Crippen LogP contribution < -0.4 is 15.6 Å². The molecule has 2 heterocycles. The van der Waals surface area contributed by atoms with Gasteiger partial charge in [0.15, 0.2) is 6.61 Å². The SMILES string of the molecule is CC(C)n1cnc2nc(CSc3ccc(NC(=O)COc4ccc(F)cc4)cc3)cc(=O)n21. The summed E-state index contributed by atoms with van der Waals surface area (Å²) in [6.07, 6.45) is 1.61. The van der Waals surface area contributed by atoms with Crippen molar-refractivity contribution in [3.05, 3.63) is 82.8 Å².